The van der Waals surface area contributed by atoms with Crippen LogP contribution in [-0.4, -0.2) is 14.5 Å². The number of rotatable bonds is 2. The highest BCUT2D eigenvalue weighted by Gasteiger charge is 2.14. The summed E-state index contributed by atoms with van der Waals surface area (Å²) in [4.78, 5) is 9.04. The normalized spacial score (nSPS) is 11.1. The molecule has 2 heterocycles. The van der Waals surface area contributed by atoms with Gasteiger partial charge in [0.25, 0.3) is 0 Å². The van der Waals surface area contributed by atoms with Crippen molar-refractivity contribution in [3.63, 3.8) is 0 Å². The zero-order valence-corrected chi connectivity index (χ0v) is 12.6. The third-order valence-corrected chi connectivity index (χ3v) is 3.83. The van der Waals surface area contributed by atoms with E-state index in [4.69, 9.17) is 11.6 Å². The largest absolute Gasteiger partial charge is 0.279 e. The Labute approximate surface area is 124 Å². The van der Waals surface area contributed by atoms with Gasteiger partial charge in [-0.05, 0) is 46.6 Å². The molecule has 0 radical (unpaired) electrons. The van der Waals surface area contributed by atoms with Gasteiger partial charge in [0.2, 0.25) is 0 Å². The molecule has 3 aromatic rings. The maximum atomic E-state index is 6.02. The number of aryl methyl sites for hydroxylation is 1. The molecule has 1 aromatic carbocycles. The van der Waals surface area contributed by atoms with E-state index in [0.717, 1.165) is 32.7 Å². The van der Waals surface area contributed by atoms with Crippen molar-refractivity contribution in [2.75, 3.05) is 0 Å². The first kappa shape index (κ1) is 12.6. The number of alkyl halides is 1. The number of halogens is 2. The minimum atomic E-state index is 0.344. The Morgan fingerprint density at radius 2 is 2.11 bits per heavy atom. The van der Waals surface area contributed by atoms with Gasteiger partial charge in [0.15, 0.2) is 5.65 Å². The van der Waals surface area contributed by atoms with E-state index < -0.39 is 0 Å². The van der Waals surface area contributed by atoms with Gasteiger partial charge >= 0.3 is 0 Å². The lowest BCUT2D eigenvalue weighted by molar-refractivity contribution is 0.965. The van der Waals surface area contributed by atoms with E-state index in [0.29, 0.717) is 5.88 Å². The van der Waals surface area contributed by atoms with Gasteiger partial charge < -0.3 is 0 Å². The van der Waals surface area contributed by atoms with Crippen molar-refractivity contribution in [2.24, 2.45) is 0 Å². The number of aromatic nitrogens is 3. The lowest BCUT2D eigenvalue weighted by Crippen LogP contribution is -2.01. The van der Waals surface area contributed by atoms with E-state index in [1.807, 2.05) is 48.0 Å². The van der Waals surface area contributed by atoms with E-state index in [1.54, 1.807) is 0 Å². The van der Waals surface area contributed by atoms with Crippen molar-refractivity contribution in [3.05, 3.63) is 52.4 Å². The third kappa shape index (κ3) is 2.15. The molecule has 96 valence electrons. The summed E-state index contributed by atoms with van der Waals surface area (Å²) in [6.07, 6.45) is 1.84. The van der Waals surface area contributed by atoms with Crippen LogP contribution in [0.15, 0.2) is 41.0 Å². The molecule has 0 aliphatic carbocycles. The molecule has 0 spiro atoms. The van der Waals surface area contributed by atoms with Crippen molar-refractivity contribution in [2.45, 2.75) is 12.8 Å². The third-order valence-electron chi connectivity index (χ3n) is 2.92. The van der Waals surface area contributed by atoms with Crippen LogP contribution in [0.2, 0.25) is 0 Å². The van der Waals surface area contributed by atoms with Crippen molar-refractivity contribution < 1.29 is 0 Å². The van der Waals surface area contributed by atoms with Gasteiger partial charge in [-0.15, -0.1) is 11.6 Å². The Morgan fingerprint density at radius 1 is 1.32 bits per heavy atom. The van der Waals surface area contributed by atoms with Crippen LogP contribution in [0, 0.1) is 6.92 Å². The summed E-state index contributed by atoms with van der Waals surface area (Å²) < 4.78 is 2.98. The van der Waals surface area contributed by atoms with E-state index in [9.17, 15) is 0 Å². The average molecular weight is 337 g/mol. The van der Waals surface area contributed by atoms with Crippen LogP contribution in [0.4, 0.5) is 0 Å². The lowest BCUT2D eigenvalue weighted by atomic mass is 10.3. The second kappa shape index (κ2) is 4.94. The van der Waals surface area contributed by atoms with Crippen LogP contribution in [0.25, 0.3) is 16.9 Å². The van der Waals surface area contributed by atoms with Crippen molar-refractivity contribution in [3.8, 4) is 5.69 Å². The van der Waals surface area contributed by atoms with Crippen LogP contribution in [0.5, 0.6) is 0 Å². The molecule has 0 fully saturated rings. The van der Waals surface area contributed by atoms with Gasteiger partial charge in [0.05, 0.1) is 11.6 Å². The fourth-order valence-corrected chi connectivity index (χ4v) is 2.73. The molecule has 3 nitrogen and oxygen atoms in total. The first-order chi connectivity index (χ1) is 9.20. The molecule has 0 saturated carbocycles. The van der Waals surface area contributed by atoms with E-state index >= 15 is 0 Å². The van der Waals surface area contributed by atoms with E-state index in [-0.39, 0.29) is 0 Å². The first-order valence-corrected chi connectivity index (χ1v) is 7.18. The molecule has 19 heavy (non-hydrogen) atoms. The highest BCUT2D eigenvalue weighted by atomic mass is 79.9. The van der Waals surface area contributed by atoms with Gasteiger partial charge in [-0.3, -0.25) is 4.57 Å². The molecule has 0 bridgehead atoms. The van der Waals surface area contributed by atoms with Crippen LogP contribution in [0.3, 0.4) is 0 Å². The molecule has 0 aliphatic heterocycles. The van der Waals surface area contributed by atoms with Crippen molar-refractivity contribution in [1.82, 2.24) is 14.5 Å². The number of benzene rings is 1. The molecule has 5 heteroatoms. The molecule has 0 atom stereocenters. The topological polar surface area (TPSA) is 30.7 Å². The number of pyridine rings is 1. The van der Waals surface area contributed by atoms with Gasteiger partial charge in [0.1, 0.15) is 11.3 Å². The fourth-order valence-electron chi connectivity index (χ4n) is 2.09. The zero-order chi connectivity index (χ0) is 13.4. The van der Waals surface area contributed by atoms with Crippen LogP contribution in [0.1, 0.15) is 11.4 Å². The number of nitrogens with zero attached hydrogens (tertiary/aromatic N) is 3. The molecule has 0 unspecified atom stereocenters. The summed E-state index contributed by atoms with van der Waals surface area (Å²) in [5, 5.41) is 0. The molecule has 0 N–H and O–H groups in total. The molecule has 0 saturated heterocycles. The molecule has 0 aliphatic rings. The van der Waals surface area contributed by atoms with Gasteiger partial charge in [-0.25, -0.2) is 9.97 Å². The summed E-state index contributed by atoms with van der Waals surface area (Å²) in [6, 6.07) is 9.99. The summed E-state index contributed by atoms with van der Waals surface area (Å²) in [5.74, 6) is 1.14. The number of imidazole rings is 1. The number of hydrogen-bond acceptors (Lipinski definition) is 2. The quantitative estimate of drug-likeness (QED) is 0.656. The number of fused-ring (bicyclic) bond motifs is 1. The highest BCUT2D eigenvalue weighted by molar-refractivity contribution is 9.10. The number of para-hydroxylation sites is 1. The Morgan fingerprint density at radius 3 is 2.84 bits per heavy atom. The van der Waals surface area contributed by atoms with Gasteiger partial charge in [0, 0.05) is 10.7 Å². The molecular formula is C14H11BrClN3. The fraction of sp³-hybridized carbons (Fsp3) is 0.143. The Balaban J connectivity index is 2.36. The molecule has 3 rings (SSSR count). The summed E-state index contributed by atoms with van der Waals surface area (Å²) in [6.45, 7) is 2.00. The maximum Gasteiger partial charge on any atom is 0.164 e. The lowest BCUT2D eigenvalue weighted by Gasteiger charge is -2.09. The highest BCUT2D eigenvalue weighted by Crippen LogP contribution is 2.27. The Kier molecular flexibility index (Phi) is 3.29. The Bertz CT molecular complexity index is 752. The molecule has 0 amide bonds. The molecule has 2 aromatic heterocycles. The standard InChI is InChI=1S/C14H11BrClN3/c1-9-6-11-14(17-8-9)19(13(7-16)18-11)12-5-3-2-4-10(12)15/h2-6,8H,7H2,1H3. The Hall–Kier alpha value is -1.39. The van der Waals surface area contributed by atoms with E-state index in [1.165, 1.54) is 0 Å². The average Bonchev–Trinajstić information content (AvgIpc) is 2.76. The van der Waals surface area contributed by atoms with E-state index in [2.05, 4.69) is 25.9 Å². The summed E-state index contributed by atoms with van der Waals surface area (Å²) >= 11 is 9.58. The maximum absolute atomic E-state index is 6.02. The summed E-state index contributed by atoms with van der Waals surface area (Å²) in [5.41, 5.74) is 3.78. The second-order valence-electron chi connectivity index (χ2n) is 4.30. The monoisotopic (exact) mass is 335 g/mol. The van der Waals surface area contributed by atoms with Crippen LogP contribution >= 0.6 is 27.5 Å². The van der Waals surface area contributed by atoms with Crippen molar-refractivity contribution in [1.29, 1.82) is 0 Å². The minimum Gasteiger partial charge on any atom is -0.279 e. The van der Waals surface area contributed by atoms with Crippen molar-refractivity contribution >= 4 is 38.7 Å². The predicted molar refractivity (Wildman–Crippen MR) is 80.9 cm³/mol. The summed E-state index contributed by atoms with van der Waals surface area (Å²) in [7, 11) is 0. The van der Waals surface area contributed by atoms with Crippen LogP contribution in [-0.2, 0) is 5.88 Å². The van der Waals surface area contributed by atoms with Gasteiger partial charge in [-0.1, -0.05) is 12.1 Å². The smallest absolute Gasteiger partial charge is 0.164 e. The second-order valence-corrected chi connectivity index (χ2v) is 5.43. The zero-order valence-electron chi connectivity index (χ0n) is 10.3. The number of hydrogen-bond donors (Lipinski definition) is 0. The predicted octanol–water partition coefficient (Wildman–Crippen LogP) is 4.23. The molecular weight excluding hydrogens is 326 g/mol. The van der Waals surface area contributed by atoms with Gasteiger partial charge in [-0.2, -0.15) is 0 Å². The van der Waals surface area contributed by atoms with Crippen LogP contribution < -0.4 is 0 Å². The SMILES string of the molecule is Cc1cnc2c(c1)nc(CCl)n2-c1ccccc1Br. The first-order valence-electron chi connectivity index (χ1n) is 5.85. The minimum absolute atomic E-state index is 0.344.